The van der Waals surface area contributed by atoms with E-state index in [4.69, 9.17) is 0 Å². The first-order valence-corrected chi connectivity index (χ1v) is 7.38. The van der Waals surface area contributed by atoms with Gasteiger partial charge in [-0.25, -0.2) is 4.39 Å². The van der Waals surface area contributed by atoms with Crippen LogP contribution in [-0.4, -0.2) is 5.11 Å². The van der Waals surface area contributed by atoms with Gasteiger partial charge in [-0.3, -0.25) is 0 Å². The Kier molecular flexibility index (Phi) is 4.43. The molecule has 1 N–H and O–H groups in total. The van der Waals surface area contributed by atoms with Crippen molar-refractivity contribution >= 4 is 31.9 Å². The molecule has 0 fully saturated rings. The first kappa shape index (κ1) is 14.7. The van der Waals surface area contributed by atoms with Crippen LogP contribution in [0.1, 0.15) is 28.4 Å². The number of hydrogen-bond donors (Lipinski definition) is 1. The number of rotatable bonds is 2. The molecule has 0 bridgehead atoms. The van der Waals surface area contributed by atoms with Gasteiger partial charge in [0, 0.05) is 8.95 Å². The number of aryl methyl sites for hydroxylation is 2. The smallest absolute Gasteiger partial charge is 0.124 e. The van der Waals surface area contributed by atoms with Crippen LogP contribution in [0.15, 0.2) is 39.3 Å². The molecule has 100 valence electrons. The topological polar surface area (TPSA) is 20.2 Å². The number of hydrogen-bond acceptors (Lipinski definition) is 1. The summed E-state index contributed by atoms with van der Waals surface area (Å²) >= 11 is 6.76. The molecule has 1 unspecified atom stereocenters. The van der Waals surface area contributed by atoms with Crippen LogP contribution in [0.3, 0.4) is 0 Å². The van der Waals surface area contributed by atoms with E-state index in [1.165, 1.54) is 12.1 Å². The SMILES string of the molecule is Cc1cc(C(O)c2ccc(F)cc2Br)c(C)cc1Br. The average Bonchev–Trinajstić information content (AvgIpc) is 2.33. The van der Waals surface area contributed by atoms with Crippen LogP contribution in [-0.2, 0) is 0 Å². The molecular weight excluding hydrogens is 375 g/mol. The summed E-state index contributed by atoms with van der Waals surface area (Å²) < 4.78 is 14.7. The van der Waals surface area contributed by atoms with Gasteiger partial charge >= 0.3 is 0 Å². The Morgan fingerprint density at radius 3 is 2.26 bits per heavy atom. The van der Waals surface area contributed by atoms with E-state index in [1.807, 2.05) is 26.0 Å². The molecule has 0 radical (unpaired) electrons. The van der Waals surface area contributed by atoms with E-state index in [-0.39, 0.29) is 5.82 Å². The number of halogens is 3. The van der Waals surface area contributed by atoms with E-state index in [1.54, 1.807) is 6.07 Å². The number of benzene rings is 2. The quantitative estimate of drug-likeness (QED) is 0.764. The Morgan fingerprint density at radius 1 is 0.947 bits per heavy atom. The molecule has 0 aliphatic carbocycles. The molecule has 0 spiro atoms. The Morgan fingerprint density at radius 2 is 1.63 bits per heavy atom. The molecule has 0 aliphatic rings. The second-order valence-electron chi connectivity index (χ2n) is 4.53. The molecule has 0 heterocycles. The van der Waals surface area contributed by atoms with Crippen molar-refractivity contribution in [2.75, 3.05) is 0 Å². The third-order valence-electron chi connectivity index (χ3n) is 3.10. The van der Waals surface area contributed by atoms with E-state index < -0.39 is 6.10 Å². The molecule has 0 aromatic heterocycles. The third-order valence-corrected chi connectivity index (χ3v) is 4.64. The minimum absolute atomic E-state index is 0.327. The summed E-state index contributed by atoms with van der Waals surface area (Å²) in [5.74, 6) is -0.327. The zero-order valence-electron chi connectivity index (χ0n) is 10.5. The summed E-state index contributed by atoms with van der Waals surface area (Å²) in [5, 5.41) is 10.5. The molecule has 1 nitrogen and oxygen atoms in total. The first-order chi connectivity index (χ1) is 8.90. The maximum atomic E-state index is 13.1. The largest absolute Gasteiger partial charge is 0.384 e. The van der Waals surface area contributed by atoms with Gasteiger partial charge in [-0.15, -0.1) is 0 Å². The molecular formula is C15H13Br2FO. The van der Waals surface area contributed by atoms with Crippen LogP contribution < -0.4 is 0 Å². The summed E-state index contributed by atoms with van der Waals surface area (Å²) in [6.07, 6.45) is -0.776. The van der Waals surface area contributed by atoms with E-state index in [9.17, 15) is 9.50 Å². The van der Waals surface area contributed by atoms with Crippen molar-refractivity contribution in [3.8, 4) is 0 Å². The van der Waals surface area contributed by atoms with Crippen molar-refractivity contribution < 1.29 is 9.50 Å². The van der Waals surface area contributed by atoms with E-state index >= 15 is 0 Å². The lowest BCUT2D eigenvalue weighted by Gasteiger charge is -2.17. The average molecular weight is 388 g/mol. The molecule has 2 aromatic rings. The van der Waals surface area contributed by atoms with Crippen molar-refractivity contribution in [1.82, 2.24) is 0 Å². The van der Waals surface area contributed by atoms with Gasteiger partial charge in [0.25, 0.3) is 0 Å². The Bertz CT molecular complexity index is 626. The molecule has 0 aliphatic heterocycles. The van der Waals surface area contributed by atoms with E-state index in [0.29, 0.717) is 10.0 Å². The van der Waals surface area contributed by atoms with Gasteiger partial charge in [0.05, 0.1) is 0 Å². The highest BCUT2D eigenvalue weighted by atomic mass is 79.9. The Labute approximate surface area is 128 Å². The highest BCUT2D eigenvalue weighted by Crippen LogP contribution is 2.33. The summed E-state index contributed by atoms with van der Waals surface area (Å²) in [6.45, 7) is 3.92. The molecule has 2 rings (SSSR count). The summed E-state index contributed by atoms with van der Waals surface area (Å²) in [4.78, 5) is 0. The summed E-state index contributed by atoms with van der Waals surface area (Å²) in [5.41, 5.74) is 3.53. The van der Waals surface area contributed by atoms with Gasteiger partial charge in [-0.2, -0.15) is 0 Å². The fourth-order valence-electron chi connectivity index (χ4n) is 1.99. The van der Waals surface area contributed by atoms with Gasteiger partial charge in [-0.1, -0.05) is 44.0 Å². The molecule has 0 amide bonds. The number of aliphatic hydroxyl groups is 1. The summed E-state index contributed by atoms with van der Waals surface area (Å²) in [6, 6.07) is 8.23. The van der Waals surface area contributed by atoms with Crippen molar-refractivity contribution in [2.24, 2.45) is 0 Å². The zero-order valence-corrected chi connectivity index (χ0v) is 13.7. The van der Waals surface area contributed by atoms with Crippen LogP contribution in [0.2, 0.25) is 0 Å². The molecule has 4 heteroatoms. The lowest BCUT2D eigenvalue weighted by molar-refractivity contribution is 0.218. The highest BCUT2D eigenvalue weighted by Gasteiger charge is 2.17. The molecule has 0 saturated heterocycles. The molecule has 0 saturated carbocycles. The van der Waals surface area contributed by atoms with Gasteiger partial charge < -0.3 is 5.11 Å². The van der Waals surface area contributed by atoms with Crippen LogP contribution in [0.25, 0.3) is 0 Å². The van der Waals surface area contributed by atoms with Crippen LogP contribution in [0.4, 0.5) is 4.39 Å². The van der Waals surface area contributed by atoms with E-state index in [0.717, 1.165) is 21.2 Å². The van der Waals surface area contributed by atoms with Crippen LogP contribution in [0, 0.1) is 19.7 Å². The molecule has 19 heavy (non-hydrogen) atoms. The standard InChI is InChI=1S/C15H13Br2FO/c1-8-6-13(16)9(2)5-12(8)15(19)11-4-3-10(18)7-14(11)17/h3-7,15,19H,1-2H3. The maximum absolute atomic E-state index is 13.1. The lowest BCUT2D eigenvalue weighted by Crippen LogP contribution is -2.04. The highest BCUT2D eigenvalue weighted by molar-refractivity contribution is 9.10. The normalized spacial score (nSPS) is 12.5. The fraction of sp³-hybridized carbons (Fsp3) is 0.200. The first-order valence-electron chi connectivity index (χ1n) is 5.80. The van der Waals surface area contributed by atoms with Crippen molar-refractivity contribution in [1.29, 1.82) is 0 Å². The number of aliphatic hydroxyl groups excluding tert-OH is 1. The Balaban J connectivity index is 2.49. The molecule has 2 aromatic carbocycles. The van der Waals surface area contributed by atoms with Crippen molar-refractivity contribution in [3.63, 3.8) is 0 Å². The minimum Gasteiger partial charge on any atom is -0.384 e. The van der Waals surface area contributed by atoms with Crippen LogP contribution in [0.5, 0.6) is 0 Å². The van der Waals surface area contributed by atoms with E-state index in [2.05, 4.69) is 31.9 Å². The van der Waals surface area contributed by atoms with Gasteiger partial charge in [0.1, 0.15) is 11.9 Å². The minimum atomic E-state index is -0.776. The fourth-order valence-corrected chi connectivity index (χ4v) is 3.01. The van der Waals surface area contributed by atoms with Gasteiger partial charge in [-0.05, 0) is 54.3 Å². The second kappa shape index (κ2) is 5.73. The Hall–Kier alpha value is -0.710. The van der Waals surface area contributed by atoms with Gasteiger partial charge in [0.2, 0.25) is 0 Å². The maximum Gasteiger partial charge on any atom is 0.124 e. The zero-order chi connectivity index (χ0) is 14.2. The van der Waals surface area contributed by atoms with Crippen LogP contribution >= 0.6 is 31.9 Å². The lowest BCUT2D eigenvalue weighted by atomic mass is 9.96. The second-order valence-corrected chi connectivity index (χ2v) is 6.24. The predicted octanol–water partition coefficient (Wildman–Crippen LogP) is 5.05. The molecule has 1 atom stereocenters. The third kappa shape index (κ3) is 3.07. The van der Waals surface area contributed by atoms with Crippen molar-refractivity contribution in [2.45, 2.75) is 20.0 Å². The van der Waals surface area contributed by atoms with Crippen molar-refractivity contribution in [3.05, 3.63) is 67.3 Å². The van der Waals surface area contributed by atoms with Gasteiger partial charge in [0.15, 0.2) is 0 Å². The monoisotopic (exact) mass is 386 g/mol. The predicted molar refractivity (Wildman–Crippen MR) is 81.8 cm³/mol. The summed E-state index contributed by atoms with van der Waals surface area (Å²) in [7, 11) is 0.